The van der Waals surface area contributed by atoms with E-state index >= 15 is 0 Å². The Hall–Kier alpha value is -1.26. The van der Waals surface area contributed by atoms with Crippen LogP contribution in [0.15, 0.2) is 6.33 Å². The van der Waals surface area contributed by atoms with Gasteiger partial charge in [-0.2, -0.15) is 13.2 Å². The molecule has 70 valence electrons. The topological polar surface area (TPSA) is 28.7 Å². The van der Waals surface area contributed by atoms with E-state index in [0.29, 0.717) is 10.7 Å². The number of aromatic nitrogens is 2. The Bertz CT molecular complexity index is 415. The fourth-order valence-corrected chi connectivity index (χ4v) is 1.35. The Morgan fingerprint density at radius 2 is 2.23 bits per heavy atom. The lowest BCUT2D eigenvalue weighted by molar-refractivity contribution is -0.155. The van der Waals surface area contributed by atoms with Gasteiger partial charge >= 0.3 is 6.18 Å². The molecule has 0 radical (unpaired) electrons. The summed E-state index contributed by atoms with van der Waals surface area (Å²) < 4.78 is 36.8. The average molecular weight is 188 g/mol. The Kier molecular flexibility index (Phi) is 1.68. The molecule has 1 aromatic rings. The molecular weight excluding hydrogens is 181 g/mol. The number of hydrogen-bond donors (Lipinski definition) is 1. The summed E-state index contributed by atoms with van der Waals surface area (Å²) in [7, 11) is 0. The molecule has 13 heavy (non-hydrogen) atoms. The summed E-state index contributed by atoms with van der Waals surface area (Å²) in [4.78, 5) is 6.53. The average Bonchev–Trinajstić information content (AvgIpc) is 2.47. The van der Waals surface area contributed by atoms with Gasteiger partial charge in [-0.05, 0) is 12.5 Å². The van der Waals surface area contributed by atoms with Gasteiger partial charge in [0.2, 0.25) is 0 Å². The summed E-state index contributed by atoms with van der Waals surface area (Å²) in [5.74, 6) is -1.37. The third-order valence-corrected chi connectivity index (χ3v) is 2.05. The van der Waals surface area contributed by atoms with Crippen molar-refractivity contribution in [2.75, 3.05) is 0 Å². The first kappa shape index (κ1) is 8.34. The van der Waals surface area contributed by atoms with Crippen LogP contribution < -0.4 is 10.7 Å². The number of alkyl halides is 3. The summed E-state index contributed by atoms with van der Waals surface area (Å²) in [6.45, 7) is 0. The van der Waals surface area contributed by atoms with Gasteiger partial charge in [-0.3, -0.25) is 0 Å². The van der Waals surface area contributed by atoms with Crippen LogP contribution in [0.25, 0.3) is 12.2 Å². The zero-order chi connectivity index (χ0) is 9.47. The highest BCUT2D eigenvalue weighted by Crippen LogP contribution is 2.30. The monoisotopic (exact) mass is 188 g/mol. The van der Waals surface area contributed by atoms with Crippen molar-refractivity contribution in [3.05, 3.63) is 17.0 Å². The molecule has 1 heterocycles. The van der Waals surface area contributed by atoms with Crippen LogP contribution in [0, 0.1) is 5.92 Å². The Balaban J connectivity index is 2.45. The molecule has 0 aromatic carbocycles. The Labute approximate surface area is 71.8 Å². The van der Waals surface area contributed by atoms with Gasteiger partial charge in [0.25, 0.3) is 0 Å². The molecule has 5 heteroatoms. The van der Waals surface area contributed by atoms with E-state index in [0.717, 1.165) is 0 Å². The van der Waals surface area contributed by atoms with Gasteiger partial charge in [0.1, 0.15) is 0 Å². The number of nitrogens with one attached hydrogen (secondary N) is 1. The molecule has 1 atom stereocenters. The lowest BCUT2D eigenvalue weighted by Crippen LogP contribution is -2.33. The van der Waals surface area contributed by atoms with Gasteiger partial charge in [0.05, 0.1) is 22.9 Å². The third-order valence-electron chi connectivity index (χ3n) is 2.05. The van der Waals surface area contributed by atoms with Crippen molar-refractivity contribution in [1.29, 1.82) is 0 Å². The summed E-state index contributed by atoms with van der Waals surface area (Å²) in [6, 6.07) is 0. The number of rotatable bonds is 0. The van der Waals surface area contributed by atoms with Gasteiger partial charge in [-0.25, -0.2) is 4.98 Å². The van der Waals surface area contributed by atoms with Crippen LogP contribution in [0.1, 0.15) is 6.42 Å². The summed E-state index contributed by atoms with van der Waals surface area (Å²) >= 11 is 0. The maximum atomic E-state index is 12.3. The Morgan fingerprint density at radius 3 is 2.92 bits per heavy atom. The first-order chi connectivity index (χ1) is 6.07. The third kappa shape index (κ3) is 1.46. The number of fused-ring (bicyclic) bond motifs is 1. The van der Waals surface area contributed by atoms with Crippen LogP contribution in [-0.2, 0) is 0 Å². The molecule has 0 fully saturated rings. The minimum atomic E-state index is -4.15. The number of H-pyrrole nitrogens is 1. The molecule has 1 aromatic heterocycles. The molecule has 0 spiro atoms. The second-order valence-corrected chi connectivity index (χ2v) is 2.96. The number of imidazole rings is 1. The predicted octanol–water partition coefficient (Wildman–Crippen LogP) is 0.553. The van der Waals surface area contributed by atoms with Crippen molar-refractivity contribution in [2.24, 2.45) is 5.92 Å². The largest absolute Gasteiger partial charge is 0.395 e. The molecule has 2 nitrogen and oxygen atoms in total. The second-order valence-electron chi connectivity index (χ2n) is 2.96. The van der Waals surface area contributed by atoms with Gasteiger partial charge in [-0.1, -0.05) is 6.08 Å². The first-order valence-electron chi connectivity index (χ1n) is 3.85. The molecule has 2 rings (SSSR count). The highest BCUT2D eigenvalue weighted by Gasteiger charge is 2.37. The highest BCUT2D eigenvalue weighted by atomic mass is 19.4. The van der Waals surface area contributed by atoms with E-state index in [9.17, 15) is 13.2 Å². The highest BCUT2D eigenvalue weighted by molar-refractivity contribution is 5.37. The number of halogens is 3. The lowest BCUT2D eigenvalue weighted by atomic mass is 10.0. The van der Waals surface area contributed by atoms with Crippen LogP contribution in [0.2, 0.25) is 0 Å². The molecule has 0 aliphatic heterocycles. The van der Waals surface area contributed by atoms with Crippen molar-refractivity contribution >= 4 is 12.2 Å². The molecule has 0 saturated carbocycles. The fourth-order valence-electron chi connectivity index (χ4n) is 1.35. The second kappa shape index (κ2) is 2.61. The maximum Gasteiger partial charge on any atom is 0.395 e. The van der Waals surface area contributed by atoms with E-state index in [1.165, 1.54) is 18.5 Å². The minimum Gasteiger partial charge on any atom is -0.345 e. The normalized spacial score (nSPS) is 21.6. The van der Waals surface area contributed by atoms with Crippen LogP contribution in [0.3, 0.4) is 0 Å². The first-order valence-corrected chi connectivity index (χ1v) is 3.85. The van der Waals surface area contributed by atoms with Gasteiger partial charge in [0.15, 0.2) is 0 Å². The quantitative estimate of drug-likeness (QED) is 0.633. The van der Waals surface area contributed by atoms with Crippen LogP contribution in [0.5, 0.6) is 0 Å². The summed E-state index contributed by atoms with van der Waals surface area (Å²) in [5.41, 5.74) is 0. The fraction of sp³-hybridized carbons (Fsp3) is 0.375. The predicted molar refractivity (Wildman–Crippen MR) is 40.9 cm³/mol. The molecule has 1 aliphatic carbocycles. The van der Waals surface area contributed by atoms with Crippen molar-refractivity contribution in [3.63, 3.8) is 0 Å². The van der Waals surface area contributed by atoms with E-state index in [-0.39, 0.29) is 6.42 Å². The van der Waals surface area contributed by atoms with E-state index in [2.05, 4.69) is 9.97 Å². The number of nitrogens with zero attached hydrogens (tertiary/aromatic N) is 1. The van der Waals surface area contributed by atoms with Crippen molar-refractivity contribution in [1.82, 2.24) is 9.97 Å². The molecule has 1 unspecified atom stereocenters. The zero-order valence-corrected chi connectivity index (χ0v) is 6.60. The SMILES string of the molecule is FC(F)(F)C1C=c2[nH]cnc2=CC1. The van der Waals surface area contributed by atoms with Crippen LogP contribution in [0.4, 0.5) is 13.2 Å². The lowest BCUT2D eigenvalue weighted by Gasteiger charge is -2.15. The van der Waals surface area contributed by atoms with E-state index in [4.69, 9.17) is 0 Å². The molecule has 0 bridgehead atoms. The van der Waals surface area contributed by atoms with Crippen molar-refractivity contribution < 1.29 is 13.2 Å². The minimum absolute atomic E-state index is 0.0125. The van der Waals surface area contributed by atoms with Gasteiger partial charge in [-0.15, -0.1) is 0 Å². The van der Waals surface area contributed by atoms with E-state index < -0.39 is 12.1 Å². The van der Waals surface area contributed by atoms with Crippen LogP contribution in [-0.4, -0.2) is 16.1 Å². The zero-order valence-electron chi connectivity index (χ0n) is 6.60. The number of hydrogen-bond acceptors (Lipinski definition) is 1. The summed E-state index contributed by atoms with van der Waals surface area (Å²) in [5, 5.41) is 1.08. The molecule has 0 amide bonds. The maximum absolute atomic E-state index is 12.3. The molecule has 1 N–H and O–H groups in total. The molecular formula is C8H7F3N2. The van der Waals surface area contributed by atoms with Crippen molar-refractivity contribution in [2.45, 2.75) is 12.6 Å². The van der Waals surface area contributed by atoms with Crippen molar-refractivity contribution in [3.8, 4) is 0 Å². The van der Waals surface area contributed by atoms with E-state index in [1.54, 1.807) is 0 Å². The smallest absolute Gasteiger partial charge is 0.345 e. The number of aromatic amines is 1. The Morgan fingerprint density at radius 1 is 1.46 bits per heavy atom. The van der Waals surface area contributed by atoms with Gasteiger partial charge < -0.3 is 4.98 Å². The molecule has 1 aliphatic rings. The van der Waals surface area contributed by atoms with E-state index in [1.807, 2.05) is 0 Å². The molecule has 0 saturated heterocycles. The van der Waals surface area contributed by atoms with Crippen LogP contribution >= 0.6 is 0 Å². The van der Waals surface area contributed by atoms with Gasteiger partial charge in [0, 0.05) is 0 Å². The standard InChI is InChI=1S/C8H7F3N2/c9-8(10,11)5-1-2-6-7(3-5)13-4-12-6/h2-5H,1H2,(H,12,13). The summed E-state index contributed by atoms with van der Waals surface area (Å²) in [6.07, 6.45) is -0.0800.